The van der Waals surface area contributed by atoms with Crippen LogP contribution in [0.2, 0.25) is 0 Å². The minimum atomic E-state index is -0.407. The van der Waals surface area contributed by atoms with E-state index in [1.807, 2.05) is 6.92 Å². The van der Waals surface area contributed by atoms with Crippen LogP contribution in [-0.4, -0.2) is 51.5 Å². The van der Waals surface area contributed by atoms with E-state index in [2.05, 4.69) is 26.4 Å². The van der Waals surface area contributed by atoms with Crippen molar-refractivity contribution in [2.45, 2.75) is 89.3 Å². The molecule has 1 unspecified atom stereocenters. The monoisotopic (exact) mass is 411 g/mol. The first-order chi connectivity index (χ1) is 14.7. The van der Waals surface area contributed by atoms with Crippen molar-refractivity contribution in [3.8, 4) is 11.5 Å². The molecule has 3 heterocycles. The van der Waals surface area contributed by atoms with Gasteiger partial charge in [-0.05, 0) is 63.5 Å². The van der Waals surface area contributed by atoms with Gasteiger partial charge in [0.2, 0.25) is 0 Å². The Hall–Kier alpha value is -1.99. The summed E-state index contributed by atoms with van der Waals surface area (Å²) in [6.45, 7) is 3.29. The third kappa shape index (κ3) is 4.10. The number of rotatable bonds is 4. The number of aliphatic hydroxyl groups excluding tert-OH is 1. The van der Waals surface area contributed by atoms with Gasteiger partial charge in [0.15, 0.2) is 5.82 Å². The van der Waals surface area contributed by atoms with Crippen LogP contribution in [0.15, 0.2) is 10.6 Å². The second-order valence-electron chi connectivity index (χ2n) is 9.23. The van der Waals surface area contributed by atoms with Crippen molar-refractivity contribution >= 4 is 5.82 Å². The lowest BCUT2D eigenvalue weighted by molar-refractivity contribution is 0.103. The summed E-state index contributed by atoms with van der Waals surface area (Å²) in [7, 11) is 0. The lowest BCUT2D eigenvalue weighted by Crippen LogP contribution is -2.55. The third-order valence-electron chi connectivity index (χ3n) is 6.98. The maximum atomic E-state index is 11.0. The first-order valence-corrected chi connectivity index (χ1v) is 11.7. The molecule has 162 valence electrons. The van der Waals surface area contributed by atoms with E-state index in [-0.39, 0.29) is 6.04 Å². The van der Waals surface area contributed by atoms with E-state index < -0.39 is 6.10 Å². The van der Waals surface area contributed by atoms with Crippen molar-refractivity contribution in [3.05, 3.63) is 23.1 Å². The summed E-state index contributed by atoms with van der Waals surface area (Å²) < 4.78 is 5.52. The quantitative estimate of drug-likeness (QED) is 0.799. The van der Waals surface area contributed by atoms with Crippen LogP contribution < -0.4 is 10.2 Å². The van der Waals surface area contributed by atoms with E-state index in [9.17, 15) is 5.11 Å². The fourth-order valence-electron chi connectivity index (χ4n) is 5.32. The van der Waals surface area contributed by atoms with Crippen molar-refractivity contribution in [2.75, 3.05) is 18.0 Å². The molecule has 1 saturated carbocycles. The lowest BCUT2D eigenvalue weighted by Gasteiger charge is -2.40. The van der Waals surface area contributed by atoms with Gasteiger partial charge in [-0.25, -0.2) is 4.98 Å². The predicted octanol–water partition coefficient (Wildman–Crippen LogP) is 3.18. The minimum Gasteiger partial charge on any atom is -0.390 e. The van der Waals surface area contributed by atoms with Gasteiger partial charge >= 0.3 is 0 Å². The average Bonchev–Trinajstić information content (AvgIpc) is 3.21. The fourth-order valence-corrected chi connectivity index (χ4v) is 5.32. The Kier molecular flexibility index (Phi) is 5.74. The molecular formula is C23H33N5O2. The fraction of sp³-hybridized carbons (Fsp3) is 0.696. The molecule has 0 aromatic carbocycles. The number of anilines is 1. The lowest BCUT2D eigenvalue weighted by atomic mass is 9.92. The molecule has 30 heavy (non-hydrogen) atoms. The number of β-amino-alcohol motifs (C(OH)–C–C–N with tert-alkyl or cyclic N) is 1. The number of aromatic nitrogens is 3. The molecule has 2 fully saturated rings. The Morgan fingerprint density at radius 2 is 1.90 bits per heavy atom. The van der Waals surface area contributed by atoms with E-state index in [1.54, 1.807) is 0 Å². The van der Waals surface area contributed by atoms with E-state index in [4.69, 9.17) is 9.51 Å². The zero-order chi connectivity index (χ0) is 20.5. The van der Waals surface area contributed by atoms with Gasteiger partial charge in [0.1, 0.15) is 5.82 Å². The Balaban J connectivity index is 1.38. The second kappa shape index (κ2) is 8.63. The number of nitrogens with one attached hydrogen (secondary N) is 1. The summed E-state index contributed by atoms with van der Waals surface area (Å²) in [5.74, 6) is 2.04. The van der Waals surface area contributed by atoms with Crippen LogP contribution in [0.3, 0.4) is 0 Å². The Labute approximate surface area is 178 Å². The Morgan fingerprint density at radius 1 is 1.07 bits per heavy atom. The number of pyridine rings is 1. The first kappa shape index (κ1) is 19.9. The number of aryl methyl sites for hydroxylation is 3. The van der Waals surface area contributed by atoms with E-state index in [0.717, 1.165) is 37.2 Å². The van der Waals surface area contributed by atoms with E-state index >= 15 is 0 Å². The van der Waals surface area contributed by atoms with Crippen LogP contribution in [0.1, 0.15) is 68.4 Å². The number of aliphatic hydroxyl groups is 1. The molecule has 2 aliphatic carbocycles. The van der Waals surface area contributed by atoms with Crippen LogP contribution in [0.4, 0.5) is 5.82 Å². The Bertz CT molecular complexity index is 876. The molecule has 1 aliphatic heterocycles. The van der Waals surface area contributed by atoms with Crippen molar-refractivity contribution < 1.29 is 9.63 Å². The Morgan fingerprint density at radius 3 is 2.67 bits per heavy atom. The number of hydrogen-bond acceptors (Lipinski definition) is 7. The normalized spacial score (nSPS) is 25.3. The predicted molar refractivity (Wildman–Crippen MR) is 116 cm³/mol. The average molecular weight is 412 g/mol. The highest BCUT2D eigenvalue weighted by molar-refractivity contribution is 5.71. The molecule has 5 rings (SSSR count). The van der Waals surface area contributed by atoms with Crippen LogP contribution in [0.25, 0.3) is 11.5 Å². The van der Waals surface area contributed by atoms with E-state index in [1.165, 1.54) is 56.2 Å². The summed E-state index contributed by atoms with van der Waals surface area (Å²) in [6, 6.07) is 2.92. The van der Waals surface area contributed by atoms with Gasteiger partial charge in [-0.1, -0.05) is 24.4 Å². The van der Waals surface area contributed by atoms with Crippen molar-refractivity contribution in [1.82, 2.24) is 20.4 Å². The maximum absolute atomic E-state index is 11.0. The highest BCUT2D eigenvalue weighted by atomic mass is 16.5. The molecule has 1 saturated heterocycles. The minimum absolute atomic E-state index is 0.163. The molecule has 2 aromatic heterocycles. The zero-order valence-corrected chi connectivity index (χ0v) is 17.9. The number of hydrogen-bond donors (Lipinski definition) is 2. The van der Waals surface area contributed by atoms with Crippen LogP contribution in [-0.2, 0) is 12.8 Å². The highest BCUT2D eigenvalue weighted by Crippen LogP contribution is 2.34. The van der Waals surface area contributed by atoms with E-state index in [0.29, 0.717) is 24.3 Å². The third-order valence-corrected chi connectivity index (χ3v) is 6.98. The van der Waals surface area contributed by atoms with Crippen molar-refractivity contribution in [3.63, 3.8) is 0 Å². The van der Waals surface area contributed by atoms with Crippen LogP contribution >= 0.6 is 0 Å². The smallest absolute Gasteiger partial charge is 0.261 e. The highest BCUT2D eigenvalue weighted by Gasteiger charge is 2.32. The SMILES string of the molecule is Cc1noc(-c2cc3c(nc2N2CCC(NC4CCCCC4)[C@H](O)C2)CCCC3)n1. The number of fused-ring (bicyclic) bond motifs is 1. The van der Waals surface area contributed by atoms with Gasteiger partial charge in [0, 0.05) is 30.9 Å². The van der Waals surface area contributed by atoms with Crippen molar-refractivity contribution in [1.29, 1.82) is 0 Å². The molecule has 2 N–H and O–H groups in total. The second-order valence-corrected chi connectivity index (χ2v) is 9.23. The topological polar surface area (TPSA) is 87.3 Å². The molecule has 0 bridgehead atoms. The maximum Gasteiger partial charge on any atom is 0.261 e. The van der Waals surface area contributed by atoms with Crippen LogP contribution in [0.5, 0.6) is 0 Å². The molecule has 2 aromatic rings. The van der Waals surface area contributed by atoms with Gasteiger partial charge in [-0.2, -0.15) is 4.98 Å². The van der Waals surface area contributed by atoms with Gasteiger partial charge in [0.05, 0.1) is 11.7 Å². The first-order valence-electron chi connectivity index (χ1n) is 11.7. The van der Waals surface area contributed by atoms with Crippen LogP contribution in [0, 0.1) is 6.92 Å². The summed E-state index contributed by atoms with van der Waals surface area (Å²) in [5, 5.41) is 18.7. The number of piperidine rings is 1. The standard InChI is InChI=1S/C23H33N5O2/c1-15-24-23(30-27-15)18-13-16-7-5-6-10-19(16)26-22(18)28-12-11-20(21(29)14-28)25-17-8-3-2-4-9-17/h13,17,20-21,25,29H,2-12,14H2,1H3/t20?,21-/m1/s1. The molecular weight excluding hydrogens is 378 g/mol. The van der Waals surface area contributed by atoms with Gasteiger partial charge in [0.25, 0.3) is 5.89 Å². The molecule has 3 aliphatic rings. The largest absolute Gasteiger partial charge is 0.390 e. The van der Waals surface area contributed by atoms with Gasteiger partial charge < -0.3 is 19.8 Å². The zero-order valence-electron chi connectivity index (χ0n) is 17.9. The molecule has 0 radical (unpaired) electrons. The summed E-state index contributed by atoms with van der Waals surface area (Å²) in [5.41, 5.74) is 3.39. The van der Waals surface area contributed by atoms with Gasteiger partial charge in [-0.15, -0.1) is 0 Å². The molecule has 0 spiro atoms. The summed E-state index contributed by atoms with van der Waals surface area (Å²) in [6.07, 6.45) is 11.4. The summed E-state index contributed by atoms with van der Waals surface area (Å²) in [4.78, 5) is 11.8. The molecule has 0 amide bonds. The van der Waals surface area contributed by atoms with Crippen molar-refractivity contribution in [2.24, 2.45) is 0 Å². The molecule has 7 nitrogen and oxygen atoms in total. The number of nitrogens with zero attached hydrogens (tertiary/aromatic N) is 4. The summed E-state index contributed by atoms with van der Waals surface area (Å²) >= 11 is 0. The molecule has 7 heteroatoms. The molecule has 2 atom stereocenters. The van der Waals surface area contributed by atoms with Gasteiger partial charge in [-0.3, -0.25) is 0 Å².